The monoisotopic (exact) mass is 398 g/mol. The molecule has 0 spiro atoms. The maximum Gasteiger partial charge on any atom is 0.266 e. The second-order valence-electron chi connectivity index (χ2n) is 5.92. The van der Waals surface area contributed by atoms with Crippen LogP contribution in [-0.2, 0) is 4.79 Å². The summed E-state index contributed by atoms with van der Waals surface area (Å²) in [5, 5.41) is 5.23. The summed E-state index contributed by atoms with van der Waals surface area (Å²) >= 11 is 1.37. The van der Waals surface area contributed by atoms with Crippen LogP contribution in [0, 0.1) is 0 Å². The molecule has 0 aliphatic rings. The molecule has 1 unspecified atom stereocenters. The zero-order valence-corrected chi connectivity index (χ0v) is 16.8. The fraction of sp³-hybridized carbons (Fsp3) is 0.238. The van der Waals surface area contributed by atoms with Gasteiger partial charge in [0.25, 0.3) is 5.91 Å². The van der Waals surface area contributed by atoms with Gasteiger partial charge in [0.2, 0.25) is 0 Å². The molecule has 1 atom stereocenters. The van der Waals surface area contributed by atoms with Crippen LogP contribution in [0.4, 0.5) is 5.13 Å². The maximum atomic E-state index is 12.4. The molecule has 7 heteroatoms. The Morgan fingerprint density at radius 2 is 1.71 bits per heavy atom. The number of amides is 1. The molecule has 0 bridgehead atoms. The fourth-order valence-electron chi connectivity index (χ4n) is 2.47. The number of nitrogens with one attached hydrogen (secondary N) is 1. The van der Waals surface area contributed by atoms with Crippen LogP contribution in [0.5, 0.6) is 17.2 Å². The zero-order chi connectivity index (χ0) is 19.9. The van der Waals surface area contributed by atoms with Gasteiger partial charge in [-0.25, -0.2) is 4.98 Å². The standard InChI is InChI=1S/C21H22N2O4S/c1-4-26-17-7-5-15(6-8-17)19-13-28-21(22-19)23-20(24)14(2)27-18-11-9-16(25-3)10-12-18/h5-14H,4H2,1-3H3,(H,22,23,24). The van der Waals surface area contributed by atoms with Gasteiger partial charge in [-0.3, -0.25) is 10.1 Å². The first-order valence-corrected chi connectivity index (χ1v) is 9.77. The largest absolute Gasteiger partial charge is 0.497 e. The summed E-state index contributed by atoms with van der Waals surface area (Å²) in [5.74, 6) is 1.88. The molecule has 3 rings (SSSR count). The van der Waals surface area contributed by atoms with Crippen LogP contribution in [0.2, 0.25) is 0 Å². The highest BCUT2D eigenvalue weighted by Gasteiger charge is 2.17. The van der Waals surface area contributed by atoms with Gasteiger partial charge in [0.05, 0.1) is 19.4 Å². The van der Waals surface area contributed by atoms with Gasteiger partial charge >= 0.3 is 0 Å². The molecule has 0 aliphatic carbocycles. The van der Waals surface area contributed by atoms with Crippen LogP contribution in [0.15, 0.2) is 53.9 Å². The highest BCUT2D eigenvalue weighted by Crippen LogP contribution is 2.27. The molecule has 28 heavy (non-hydrogen) atoms. The van der Waals surface area contributed by atoms with Crippen molar-refractivity contribution in [3.63, 3.8) is 0 Å². The molecule has 0 aliphatic heterocycles. The number of thiazole rings is 1. The molecule has 1 amide bonds. The number of nitrogens with zero attached hydrogens (tertiary/aromatic N) is 1. The number of ether oxygens (including phenoxy) is 3. The first-order valence-electron chi connectivity index (χ1n) is 8.89. The molecule has 0 saturated carbocycles. The maximum absolute atomic E-state index is 12.4. The van der Waals surface area contributed by atoms with Crippen LogP contribution in [0.25, 0.3) is 11.3 Å². The van der Waals surface area contributed by atoms with Crippen molar-refractivity contribution in [2.45, 2.75) is 20.0 Å². The molecule has 1 N–H and O–H groups in total. The summed E-state index contributed by atoms with van der Waals surface area (Å²) in [6.07, 6.45) is -0.661. The Balaban J connectivity index is 1.59. The molecule has 0 radical (unpaired) electrons. The minimum atomic E-state index is -0.661. The molecule has 3 aromatic rings. The van der Waals surface area contributed by atoms with E-state index in [0.29, 0.717) is 17.5 Å². The van der Waals surface area contributed by atoms with E-state index in [0.717, 1.165) is 22.8 Å². The molecular formula is C21H22N2O4S. The SMILES string of the molecule is CCOc1ccc(-c2csc(NC(=O)C(C)Oc3ccc(OC)cc3)n2)cc1. The second-order valence-corrected chi connectivity index (χ2v) is 6.78. The summed E-state index contributed by atoms with van der Waals surface area (Å²) in [7, 11) is 1.60. The first kappa shape index (κ1) is 19.7. The summed E-state index contributed by atoms with van der Waals surface area (Å²) in [4.78, 5) is 16.9. The average Bonchev–Trinajstić information content (AvgIpc) is 3.18. The van der Waals surface area contributed by atoms with Crippen LogP contribution in [-0.4, -0.2) is 30.7 Å². The lowest BCUT2D eigenvalue weighted by Gasteiger charge is -2.14. The molecule has 146 valence electrons. The van der Waals surface area contributed by atoms with E-state index in [1.807, 2.05) is 36.6 Å². The second kappa shape index (κ2) is 9.23. The van der Waals surface area contributed by atoms with Crippen LogP contribution < -0.4 is 19.5 Å². The van der Waals surface area contributed by atoms with Gasteiger partial charge in [-0.2, -0.15) is 0 Å². The summed E-state index contributed by atoms with van der Waals surface area (Å²) in [6.45, 7) is 4.27. The van der Waals surface area contributed by atoms with E-state index in [1.54, 1.807) is 38.3 Å². The van der Waals surface area contributed by atoms with Crippen LogP contribution in [0.3, 0.4) is 0 Å². The topological polar surface area (TPSA) is 69.7 Å². The fourth-order valence-corrected chi connectivity index (χ4v) is 3.19. The van der Waals surface area contributed by atoms with Crippen LogP contribution in [0.1, 0.15) is 13.8 Å². The number of hydrogen-bond acceptors (Lipinski definition) is 6. The number of aromatic nitrogens is 1. The average molecular weight is 398 g/mol. The van der Waals surface area contributed by atoms with Gasteiger partial charge in [0.15, 0.2) is 11.2 Å². The predicted octanol–water partition coefficient (Wildman–Crippen LogP) is 4.62. The number of carbonyl (C=O) groups is 1. The Kier molecular flexibility index (Phi) is 6.49. The van der Waals surface area contributed by atoms with E-state index < -0.39 is 6.10 Å². The number of rotatable bonds is 8. The number of methoxy groups -OCH3 is 1. The van der Waals surface area contributed by atoms with E-state index in [-0.39, 0.29) is 5.91 Å². The molecule has 1 aromatic heterocycles. The third-order valence-corrected chi connectivity index (χ3v) is 4.69. The van der Waals surface area contributed by atoms with Crippen molar-refractivity contribution in [3.8, 4) is 28.5 Å². The van der Waals surface area contributed by atoms with Gasteiger partial charge < -0.3 is 14.2 Å². The van der Waals surface area contributed by atoms with Crippen molar-refractivity contribution in [2.24, 2.45) is 0 Å². The summed E-state index contributed by atoms with van der Waals surface area (Å²) in [5.41, 5.74) is 1.76. The zero-order valence-electron chi connectivity index (χ0n) is 16.0. The number of hydrogen-bond donors (Lipinski definition) is 1. The van der Waals surface area contributed by atoms with Gasteiger partial charge in [-0.1, -0.05) is 0 Å². The highest BCUT2D eigenvalue weighted by atomic mass is 32.1. The third kappa shape index (κ3) is 5.01. The van der Waals surface area contributed by atoms with Crippen molar-refractivity contribution < 1.29 is 19.0 Å². The van der Waals surface area contributed by atoms with Crippen molar-refractivity contribution in [1.82, 2.24) is 4.98 Å². The van der Waals surface area contributed by atoms with Crippen molar-refractivity contribution in [3.05, 3.63) is 53.9 Å². The van der Waals surface area contributed by atoms with Crippen molar-refractivity contribution >= 4 is 22.4 Å². The van der Waals surface area contributed by atoms with Gasteiger partial charge in [-0.15, -0.1) is 11.3 Å². The van der Waals surface area contributed by atoms with Gasteiger partial charge in [0, 0.05) is 10.9 Å². The van der Waals surface area contributed by atoms with Crippen LogP contribution >= 0.6 is 11.3 Å². The normalized spacial score (nSPS) is 11.5. The number of carbonyl (C=O) groups excluding carboxylic acids is 1. The molecule has 0 fully saturated rings. The highest BCUT2D eigenvalue weighted by molar-refractivity contribution is 7.14. The number of benzene rings is 2. The molecule has 2 aromatic carbocycles. The quantitative estimate of drug-likeness (QED) is 0.599. The van der Waals surface area contributed by atoms with E-state index in [2.05, 4.69) is 10.3 Å². The smallest absolute Gasteiger partial charge is 0.266 e. The number of anilines is 1. The molecular weight excluding hydrogens is 376 g/mol. The lowest BCUT2D eigenvalue weighted by atomic mass is 10.2. The third-order valence-electron chi connectivity index (χ3n) is 3.94. The van der Waals surface area contributed by atoms with Crippen molar-refractivity contribution in [1.29, 1.82) is 0 Å². The summed E-state index contributed by atoms with van der Waals surface area (Å²) < 4.78 is 16.2. The van der Waals surface area contributed by atoms with Gasteiger partial charge in [0.1, 0.15) is 17.2 Å². The minimum absolute atomic E-state index is 0.261. The van der Waals surface area contributed by atoms with E-state index in [1.165, 1.54) is 11.3 Å². The molecule has 1 heterocycles. The first-order chi connectivity index (χ1) is 13.6. The Bertz CT molecular complexity index is 907. The van der Waals surface area contributed by atoms with Gasteiger partial charge in [-0.05, 0) is 62.4 Å². The molecule has 6 nitrogen and oxygen atoms in total. The summed E-state index contributed by atoms with van der Waals surface area (Å²) in [6, 6.07) is 14.8. The predicted molar refractivity (Wildman–Crippen MR) is 110 cm³/mol. The van der Waals surface area contributed by atoms with E-state index in [4.69, 9.17) is 14.2 Å². The Morgan fingerprint density at radius 3 is 2.36 bits per heavy atom. The van der Waals surface area contributed by atoms with E-state index >= 15 is 0 Å². The lowest BCUT2D eigenvalue weighted by Crippen LogP contribution is -2.30. The Morgan fingerprint density at radius 1 is 1.07 bits per heavy atom. The van der Waals surface area contributed by atoms with E-state index in [9.17, 15) is 4.79 Å². The molecule has 0 saturated heterocycles. The Labute approximate surface area is 168 Å². The Hall–Kier alpha value is -3.06. The lowest BCUT2D eigenvalue weighted by molar-refractivity contribution is -0.122. The van der Waals surface area contributed by atoms with Crippen molar-refractivity contribution in [2.75, 3.05) is 19.0 Å². The minimum Gasteiger partial charge on any atom is -0.497 e.